The maximum atomic E-state index is 13.0. The van der Waals surface area contributed by atoms with Gasteiger partial charge in [0.25, 0.3) is 5.91 Å². The van der Waals surface area contributed by atoms with E-state index in [1.165, 1.54) is 35.4 Å². The summed E-state index contributed by atoms with van der Waals surface area (Å²) >= 11 is 0. The molecule has 1 aliphatic rings. The van der Waals surface area contributed by atoms with E-state index in [0.717, 1.165) is 13.1 Å². The van der Waals surface area contributed by atoms with Crippen LogP contribution in [0.3, 0.4) is 0 Å². The number of carbonyl (C=O) groups is 2. The number of piperazine rings is 1. The topological polar surface area (TPSA) is 52.7 Å². The van der Waals surface area contributed by atoms with Crippen LogP contribution in [0.1, 0.15) is 27.5 Å². The van der Waals surface area contributed by atoms with Gasteiger partial charge < -0.3 is 10.2 Å². The summed E-state index contributed by atoms with van der Waals surface area (Å²) in [5.41, 5.74) is 2.78. The number of nitrogens with one attached hydrogen (secondary N) is 1. The third kappa shape index (κ3) is 5.21. The molecule has 3 aromatic rings. The highest BCUT2D eigenvalue weighted by atomic mass is 19.1. The molecule has 1 saturated heterocycles. The summed E-state index contributed by atoms with van der Waals surface area (Å²) in [7, 11) is 0. The Balaban J connectivity index is 1.35. The first kappa shape index (κ1) is 21.7. The molecule has 0 spiro atoms. The van der Waals surface area contributed by atoms with Crippen LogP contribution in [-0.4, -0.2) is 54.3 Å². The molecular formula is C26H26FN3O2. The van der Waals surface area contributed by atoms with Gasteiger partial charge in [-0.25, -0.2) is 4.39 Å². The van der Waals surface area contributed by atoms with E-state index in [2.05, 4.69) is 58.7 Å². The number of hydrogen-bond acceptors (Lipinski definition) is 3. The molecule has 1 heterocycles. The number of halogens is 1. The molecule has 0 unspecified atom stereocenters. The number of amides is 2. The molecule has 0 saturated carbocycles. The maximum absolute atomic E-state index is 13.0. The van der Waals surface area contributed by atoms with Gasteiger partial charge in [-0.3, -0.25) is 14.5 Å². The Hall–Kier alpha value is -3.51. The van der Waals surface area contributed by atoms with Gasteiger partial charge in [0.15, 0.2) is 0 Å². The molecule has 1 N–H and O–H groups in total. The van der Waals surface area contributed by atoms with Crippen LogP contribution in [-0.2, 0) is 4.79 Å². The lowest BCUT2D eigenvalue weighted by Gasteiger charge is -2.39. The molecule has 164 valence electrons. The van der Waals surface area contributed by atoms with Crippen LogP contribution in [0.15, 0.2) is 84.9 Å². The van der Waals surface area contributed by atoms with E-state index in [1.54, 1.807) is 4.90 Å². The predicted molar refractivity (Wildman–Crippen MR) is 122 cm³/mol. The van der Waals surface area contributed by atoms with Crippen molar-refractivity contribution in [3.8, 4) is 0 Å². The molecule has 6 heteroatoms. The lowest BCUT2D eigenvalue weighted by atomic mass is 9.96. The van der Waals surface area contributed by atoms with Crippen molar-refractivity contribution in [2.24, 2.45) is 0 Å². The van der Waals surface area contributed by atoms with Crippen molar-refractivity contribution in [3.05, 3.63) is 107 Å². The van der Waals surface area contributed by atoms with E-state index >= 15 is 0 Å². The van der Waals surface area contributed by atoms with Crippen LogP contribution in [0.2, 0.25) is 0 Å². The second-order valence-corrected chi connectivity index (χ2v) is 7.83. The normalized spacial score (nSPS) is 14.4. The Morgan fingerprint density at radius 1 is 0.781 bits per heavy atom. The number of nitrogens with zero attached hydrogens (tertiary/aromatic N) is 2. The lowest BCUT2D eigenvalue weighted by molar-refractivity contribution is -0.132. The highest BCUT2D eigenvalue weighted by molar-refractivity contribution is 5.96. The van der Waals surface area contributed by atoms with Gasteiger partial charge in [0, 0.05) is 31.7 Å². The Labute approximate surface area is 187 Å². The van der Waals surface area contributed by atoms with Crippen LogP contribution < -0.4 is 5.32 Å². The fraction of sp³-hybridized carbons (Fsp3) is 0.231. The highest BCUT2D eigenvalue weighted by Crippen LogP contribution is 2.29. The number of rotatable bonds is 6. The minimum Gasteiger partial charge on any atom is -0.343 e. The van der Waals surface area contributed by atoms with Crippen LogP contribution in [0, 0.1) is 5.82 Å². The van der Waals surface area contributed by atoms with Gasteiger partial charge in [0.1, 0.15) is 5.82 Å². The number of hydrogen-bond donors (Lipinski definition) is 1. The van der Waals surface area contributed by atoms with Crippen molar-refractivity contribution < 1.29 is 14.0 Å². The zero-order valence-corrected chi connectivity index (χ0v) is 17.8. The fourth-order valence-electron chi connectivity index (χ4n) is 4.09. The summed E-state index contributed by atoms with van der Waals surface area (Å²) in [6.45, 7) is 2.61. The van der Waals surface area contributed by atoms with Gasteiger partial charge in [-0.05, 0) is 35.4 Å². The first-order chi connectivity index (χ1) is 15.6. The van der Waals surface area contributed by atoms with Crippen LogP contribution in [0.5, 0.6) is 0 Å². The van der Waals surface area contributed by atoms with E-state index in [1.807, 2.05) is 12.1 Å². The Morgan fingerprint density at radius 2 is 1.31 bits per heavy atom. The fourth-order valence-corrected chi connectivity index (χ4v) is 4.09. The zero-order valence-electron chi connectivity index (χ0n) is 17.8. The summed E-state index contributed by atoms with van der Waals surface area (Å²) < 4.78 is 13.0. The molecule has 0 aromatic heterocycles. The van der Waals surface area contributed by atoms with Gasteiger partial charge in [-0.15, -0.1) is 0 Å². The van der Waals surface area contributed by atoms with E-state index in [-0.39, 0.29) is 24.4 Å². The summed E-state index contributed by atoms with van der Waals surface area (Å²) in [5, 5.41) is 2.63. The number of benzene rings is 3. The van der Waals surface area contributed by atoms with Crippen molar-refractivity contribution in [1.29, 1.82) is 0 Å². The van der Waals surface area contributed by atoms with Gasteiger partial charge in [-0.1, -0.05) is 60.7 Å². The van der Waals surface area contributed by atoms with E-state index < -0.39 is 5.82 Å². The second kappa shape index (κ2) is 10.2. The molecule has 0 bridgehead atoms. The van der Waals surface area contributed by atoms with Gasteiger partial charge in [-0.2, -0.15) is 0 Å². The smallest absolute Gasteiger partial charge is 0.251 e. The van der Waals surface area contributed by atoms with Gasteiger partial charge in [0.2, 0.25) is 5.91 Å². The van der Waals surface area contributed by atoms with E-state index in [9.17, 15) is 14.0 Å². The van der Waals surface area contributed by atoms with Crippen molar-refractivity contribution in [2.75, 3.05) is 32.7 Å². The second-order valence-electron chi connectivity index (χ2n) is 7.83. The largest absolute Gasteiger partial charge is 0.343 e. The van der Waals surface area contributed by atoms with Crippen LogP contribution in [0.25, 0.3) is 0 Å². The van der Waals surface area contributed by atoms with Crippen molar-refractivity contribution in [2.45, 2.75) is 6.04 Å². The third-order valence-electron chi connectivity index (χ3n) is 5.77. The molecule has 3 aromatic carbocycles. The van der Waals surface area contributed by atoms with Crippen molar-refractivity contribution in [3.63, 3.8) is 0 Å². The molecule has 0 aliphatic carbocycles. The average molecular weight is 432 g/mol. The monoisotopic (exact) mass is 431 g/mol. The summed E-state index contributed by atoms with van der Waals surface area (Å²) in [4.78, 5) is 29.0. The standard InChI is InChI=1S/C26H26FN3O2/c27-23-13-11-22(12-14-23)26(32)28-19-24(31)29-15-17-30(18-16-29)25(20-7-3-1-4-8-20)21-9-5-2-6-10-21/h1-14,25H,15-19H2,(H,28,32). The average Bonchev–Trinajstić information content (AvgIpc) is 2.85. The summed E-state index contributed by atoms with van der Waals surface area (Å²) in [5.74, 6) is -0.902. The Kier molecular flexibility index (Phi) is 6.92. The predicted octanol–water partition coefficient (Wildman–Crippen LogP) is 3.49. The minimum atomic E-state index is -0.403. The SMILES string of the molecule is O=C(NCC(=O)N1CCN(C(c2ccccc2)c2ccccc2)CC1)c1ccc(F)cc1. The molecule has 32 heavy (non-hydrogen) atoms. The third-order valence-corrected chi connectivity index (χ3v) is 5.77. The molecule has 1 aliphatic heterocycles. The zero-order chi connectivity index (χ0) is 22.3. The summed E-state index contributed by atoms with van der Waals surface area (Å²) in [6, 6.07) is 26.2. The lowest BCUT2D eigenvalue weighted by Crippen LogP contribution is -2.52. The van der Waals surface area contributed by atoms with Crippen LogP contribution >= 0.6 is 0 Å². The van der Waals surface area contributed by atoms with Gasteiger partial charge >= 0.3 is 0 Å². The minimum absolute atomic E-state index is 0.0724. The Morgan fingerprint density at radius 3 is 1.84 bits per heavy atom. The van der Waals surface area contributed by atoms with E-state index in [0.29, 0.717) is 18.7 Å². The van der Waals surface area contributed by atoms with Gasteiger partial charge in [0.05, 0.1) is 12.6 Å². The first-order valence-electron chi connectivity index (χ1n) is 10.8. The first-order valence-corrected chi connectivity index (χ1v) is 10.8. The van der Waals surface area contributed by atoms with Crippen molar-refractivity contribution in [1.82, 2.24) is 15.1 Å². The molecule has 1 fully saturated rings. The number of carbonyl (C=O) groups excluding carboxylic acids is 2. The van der Waals surface area contributed by atoms with Crippen molar-refractivity contribution >= 4 is 11.8 Å². The Bertz CT molecular complexity index is 994. The molecule has 0 atom stereocenters. The summed E-state index contributed by atoms with van der Waals surface area (Å²) in [6.07, 6.45) is 0. The quantitative estimate of drug-likeness (QED) is 0.650. The van der Waals surface area contributed by atoms with E-state index in [4.69, 9.17) is 0 Å². The highest BCUT2D eigenvalue weighted by Gasteiger charge is 2.28. The van der Waals surface area contributed by atoms with Crippen LogP contribution in [0.4, 0.5) is 4.39 Å². The maximum Gasteiger partial charge on any atom is 0.251 e. The molecule has 0 radical (unpaired) electrons. The molecular weight excluding hydrogens is 405 g/mol. The molecule has 4 rings (SSSR count). The molecule has 5 nitrogen and oxygen atoms in total. The molecule has 2 amide bonds.